The topological polar surface area (TPSA) is 47.3 Å². The SMILES string of the molecule is CN1CCN(CC2(CC#N)CC2)C1=O. The molecule has 2 aliphatic rings. The summed E-state index contributed by atoms with van der Waals surface area (Å²) in [5.74, 6) is 0. The van der Waals surface area contributed by atoms with Crippen molar-refractivity contribution in [1.29, 1.82) is 5.26 Å². The maximum atomic E-state index is 11.6. The molecule has 0 atom stereocenters. The molecular formula is C10H15N3O. The molecule has 4 nitrogen and oxygen atoms in total. The van der Waals surface area contributed by atoms with Crippen molar-refractivity contribution in [2.45, 2.75) is 19.3 Å². The predicted octanol–water partition coefficient (Wildman–Crippen LogP) is 1.05. The smallest absolute Gasteiger partial charge is 0.319 e. The Morgan fingerprint density at radius 3 is 2.64 bits per heavy atom. The normalized spacial score (nSPS) is 23.9. The van der Waals surface area contributed by atoms with Gasteiger partial charge in [-0.3, -0.25) is 0 Å². The minimum Gasteiger partial charge on any atom is -0.326 e. The van der Waals surface area contributed by atoms with Gasteiger partial charge in [0.05, 0.1) is 6.07 Å². The number of likely N-dealkylation sites (N-methyl/N-ethyl adjacent to an activating group) is 1. The van der Waals surface area contributed by atoms with E-state index < -0.39 is 0 Å². The molecule has 0 bridgehead atoms. The lowest BCUT2D eigenvalue weighted by atomic mass is 10.0. The van der Waals surface area contributed by atoms with Gasteiger partial charge in [0.2, 0.25) is 0 Å². The Kier molecular flexibility index (Phi) is 2.10. The standard InChI is InChI=1S/C10H15N3O/c1-12-6-7-13(9(12)14)8-10(2-3-10)4-5-11/h2-4,6-8H2,1H3. The van der Waals surface area contributed by atoms with Gasteiger partial charge in [-0.25, -0.2) is 4.79 Å². The summed E-state index contributed by atoms with van der Waals surface area (Å²) in [5.41, 5.74) is 0.148. The van der Waals surface area contributed by atoms with E-state index in [1.54, 1.807) is 4.90 Å². The zero-order valence-corrected chi connectivity index (χ0v) is 8.49. The molecular weight excluding hydrogens is 178 g/mol. The van der Waals surface area contributed by atoms with Crippen molar-refractivity contribution in [3.8, 4) is 6.07 Å². The molecule has 1 saturated carbocycles. The Balaban J connectivity index is 1.93. The maximum absolute atomic E-state index is 11.6. The fraction of sp³-hybridized carbons (Fsp3) is 0.800. The van der Waals surface area contributed by atoms with Crippen molar-refractivity contribution in [1.82, 2.24) is 9.80 Å². The molecule has 1 heterocycles. The molecule has 14 heavy (non-hydrogen) atoms. The minimum atomic E-state index is 0.120. The van der Waals surface area contributed by atoms with Crippen LogP contribution in [0.4, 0.5) is 4.79 Å². The molecule has 1 aliphatic carbocycles. The summed E-state index contributed by atoms with van der Waals surface area (Å²) in [6, 6.07) is 2.34. The lowest BCUT2D eigenvalue weighted by Gasteiger charge is -2.21. The summed E-state index contributed by atoms with van der Waals surface area (Å²) in [4.78, 5) is 15.2. The second kappa shape index (κ2) is 3.16. The molecule has 2 fully saturated rings. The highest BCUT2D eigenvalue weighted by molar-refractivity contribution is 5.76. The van der Waals surface area contributed by atoms with Gasteiger partial charge in [0.1, 0.15) is 0 Å². The second-order valence-electron chi connectivity index (χ2n) is 4.46. The first-order chi connectivity index (χ1) is 6.67. The third-order valence-corrected chi connectivity index (χ3v) is 3.24. The highest BCUT2D eigenvalue weighted by atomic mass is 16.2. The largest absolute Gasteiger partial charge is 0.326 e. The summed E-state index contributed by atoms with van der Waals surface area (Å²) in [6.45, 7) is 2.42. The lowest BCUT2D eigenvalue weighted by Crippen LogP contribution is -2.34. The van der Waals surface area contributed by atoms with E-state index in [0.717, 1.165) is 32.5 Å². The Morgan fingerprint density at radius 2 is 2.21 bits per heavy atom. The van der Waals surface area contributed by atoms with Crippen molar-refractivity contribution in [2.75, 3.05) is 26.7 Å². The molecule has 76 valence electrons. The Hall–Kier alpha value is -1.24. The van der Waals surface area contributed by atoms with Crippen LogP contribution in [0.15, 0.2) is 0 Å². The van der Waals surface area contributed by atoms with Crippen LogP contribution in [0.1, 0.15) is 19.3 Å². The first-order valence-corrected chi connectivity index (χ1v) is 5.04. The van der Waals surface area contributed by atoms with E-state index in [2.05, 4.69) is 6.07 Å². The molecule has 0 N–H and O–H groups in total. The summed E-state index contributed by atoms with van der Waals surface area (Å²) < 4.78 is 0. The third-order valence-electron chi connectivity index (χ3n) is 3.24. The van der Waals surface area contributed by atoms with Crippen LogP contribution in [0.5, 0.6) is 0 Å². The molecule has 0 aromatic carbocycles. The Bertz CT molecular complexity index is 290. The molecule has 2 amide bonds. The number of hydrogen-bond donors (Lipinski definition) is 0. The zero-order valence-electron chi connectivity index (χ0n) is 8.49. The van der Waals surface area contributed by atoms with Crippen LogP contribution in [-0.2, 0) is 0 Å². The van der Waals surface area contributed by atoms with Gasteiger partial charge in [-0.1, -0.05) is 0 Å². The van der Waals surface area contributed by atoms with Gasteiger partial charge in [0.25, 0.3) is 0 Å². The third kappa shape index (κ3) is 1.54. The van der Waals surface area contributed by atoms with Gasteiger partial charge in [-0.15, -0.1) is 0 Å². The van der Waals surface area contributed by atoms with Crippen LogP contribution in [0.3, 0.4) is 0 Å². The van der Waals surface area contributed by atoms with Gasteiger partial charge in [0.15, 0.2) is 0 Å². The number of urea groups is 1. The fourth-order valence-corrected chi connectivity index (χ4v) is 1.99. The van der Waals surface area contributed by atoms with Crippen molar-refractivity contribution in [3.63, 3.8) is 0 Å². The van der Waals surface area contributed by atoms with Crippen LogP contribution in [0, 0.1) is 16.7 Å². The maximum Gasteiger partial charge on any atom is 0.319 e. The molecule has 0 spiro atoms. The molecule has 0 aromatic heterocycles. The predicted molar refractivity (Wildman–Crippen MR) is 51.5 cm³/mol. The number of nitrogens with zero attached hydrogens (tertiary/aromatic N) is 3. The quantitative estimate of drug-likeness (QED) is 0.672. The van der Waals surface area contributed by atoms with E-state index in [4.69, 9.17) is 5.26 Å². The Morgan fingerprint density at radius 1 is 1.50 bits per heavy atom. The van der Waals surface area contributed by atoms with Crippen LogP contribution in [0.25, 0.3) is 0 Å². The van der Waals surface area contributed by atoms with Crippen LogP contribution >= 0.6 is 0 Å². The lowest BCUT2D eigenvalue weighted by molar-refractivity contribution is 0.189. The zero-order chi connectivity index (χ0) is 10.2. The molecule has 1 aliphatic heterocycles. The Labute approximate surface area is 84.1 Å². The van der Waals surface area contributed by atoms with E-state index in [1.165, 1.54) is 0 Å². The summed E-state index contributed by atoms with van der Waals surface area (Å²) in [6.07, 6.45) is 2.81. The first kappa shape index (κ1) is 9.32. The average molecular weight is 193 g/mol. The number of carbonyl (C=O) groups is 1. The van der Waals surface area contributed by atoms with Crippen LogP contribution < -0.4 is 0 Å². The van der Waals surface area contributed by atoms with Gasteiger partial charge in [-0.05, 0) is 12.8 Å². The molecule has 0 radical (unpaired) electrons. The minimum absolute atomic E-state index is 0.120. The van der Waals surface area contributed by atoms with Crippen LogP contribution in [0.2, 0.25) is 0 Å². The van der Waals surface area contributed by atoms with Crippen LogP contribution in [-0.4, -0.2) is 42.5 Å². The highest BCUT2D eigenvalue weighted by Crippen LogP contribution is 2.49. The molecule has 2 rings (SSSR count). The summed E-state index contributed by atoms with van der Waals surface area (Å²) in [7, 11) is 1.83. The molecule has 0 aromatic rings. The highest BCUT2D eigenvalue weighted by Gasteiger charge is 2.45. The number of nitriles is 1. The van der Waals surface area contributed by atoms with Crippen molar-refractivity contribution >= 4 is 6.03 Å². The van der Waals surface area contributed by atoms with E-state index in [-0.39, 0.29) is 11.4 Å². The van der Waals surface area contributed by atoms with Gasteiger partial charge >= 0.3 is 6.03 Å². The summed E-state index contributed by atoms with van der Waals surface area (Å²) >= 11 is 0. The van der Waals surface area contributed by atoms with Gasteiger partial charge < -0.3 is 9.80 Å². The van der Waals surface area contributed by atoms with Crippen molar-refractivity contribution in [2.24, 2.45) is 5.41 Å². The van der Waals surface area contributed by atoms with Crippen molar-refractivity contribution < 1.29 is 4.79 Å². The average Bonchev–Trinajstić information content (AvgIpc) is 2.85. The molecule has 1 saturated heterocycles. The number of hydrogen-bond acceptors (Lipinski definition) is 2. The summed E-state index contributed by atoms with van der Waals surface area (Å²) in [5, 5.41) is 8.67. The number of rotatable bonds is 3. The number of amides is 2. The van der Waals surface area contributed by atoms with E-state index in [9.17, 15) is 4.79 Å². The van der Waals surface area contributed by atoms with Gasteiger partial charge in [-0.2, -0.15) is 5.26 Å². The fourth-order valence-electron chi connectivity index (χ4n) is 1.99. The van der Waals surface area contributed by atoms with E-state index >= 15 is 0 Å². The molecule has 4 heteroatoms. The van der Waals surface area contributed by atoms with E-state index in [0.29, 0.717) is 6.42 Å². The number of carbonyl (C=O) groups excluding carboxylic acids is 1. The van der Waals surface area contributed by atoms with Crippen molar-refractivity contribution in [3.05, 3.63) is 0 Å². The van der Waals surface area contributed by atoms with E-state index in [1.807, 2.05) is 11.9 Å². The molecule has 0 unspecified atom stereocenters. The monoisotopic (exact) mass is 193 g/mol. The second-order valence-corrected chi connectivity index (χ2v) is 4.46. The van der Waals surface area contributed by atoms with Gasteiger partial charge in [0, 0.05) is 38.5 Å². The first-order valence-electron chi connectivity index (χ1n) is 5.04.